The fourth-order valence-corrected chi connectivity index (χ4v) is 2.92. The maximum absolute atomic E-state index is 11.9. The molecule has 1 aliphatic rings. The number of aryl methyl sites for hydroxylation is 1. The molecule has 1 aliphatic carbocycles. The van der Waals surface area contributed by atoms with E-state index in [4.69, 9.17) is 4.74 Å². The number of carbonyl (C=O) groups is 3. The van der Waals surface area contributed by atoms with Gasteiger partial charge in [-0.2, -0.15) is 0 Å². The van der Waals surface area contributed by atoms with E-state index in [-0.39, 0.29) is 17.4 Å². The molecule has 0 heterocycles. The van der Waals surface area contributed by atoms with E-state index < -0.39 is 24.5 Å². The van der Waals surface area contributed by atoms with Crippen LogP contribution in [0.25, 0.3) is 0 Å². The van der Waals surface area contributed by atoms with E-state index >= 15 is 0 Å². The summed E-state index contributed by atoms with van der Waals surface area (Å²) in [5.74, 6) is -1.39. The highest BCUT2D eigenvalue weighted by molar-refractivity contribution is 5.97. The molecule has 2 atom stereocenters. The van der Waals surface area contributed by atoms with Crippen LogP contribution in [0.4, 0.5) is 4.79 Å². The number of aromatic hydroxyl groups is 1. The molecular formula is C18H24N2O5. The number of hydrogen-bond donors (Lipinski definition) is 3. The summed E-state index contributed by atoms with van der Waals surface area (Å²) < 4.78 is 4.85. The van der Waals surface area contributed by atoms with Gasteiger partial charge in [-0.25, -0.2) is 9.59 Å². The maximum atomic E-state index is 11.9. The van der Waals surface area contributed by atoms with Gasteiger partial charge in [0.1, 0.15) is 11.3 Å². The Morgan fingerprint density at radius 2 is 1.96 bits per heavy atom. The van der Waals surface area contributed by atoms with Crippen molar-refractivity contribution >= 4 is 17.9 Å². The van der Waals surface area contributed by atoms with Crippen molar-refractivity contribution in [3.8, 4) is 5.75 Å². The Hall–Kier alpha value is -2.57. The van der Waals surface area contributed by atoms with E-state index in [1.54, 1.807) is 13.0 Å². The van der Waals surface area contributed by atoms with E-state index in [1.807, 2.05) is 0 Å². The Kier molecular flexibility index (Phi) is 6.38. The number of phenolic OH excluding ortho intramolecular Hbond substituents is 1. The summed E-state index contributed by atoms with van der Waals surface area (Å²) in [6, 6.07) is 3.96. The van der Waals surface area contributed by atoms with Crippen molar-refractivity contribution in [3.63, 3.8) is 0 Å². The molecule has 136 valence electrons. The second kappa shape index (κ2) is 8.50. The molecule has 0 spiro atoms. The van der Waals surface area contributed by atoms with Crippen LogP contribution in [0.5, 0.6) is 5.75 Å². The average molecular weight is 348 g/mol. The molecule has 0 unspecified atom stereocenters. The van der Waals surface area contributed by atoms with Gasteiger partial charge in [-0.1, -0.05) is 31.4 Å². The summed E-state index contributed by atoms with van der Waals surface area (Å²) in [6.45, 7) is 3.24. The van der Waals surface area contributed by atoms with Crippen LogP contribution in [0.2, 0.25) is 0 Å². The van der Waals surface area contributed by atoms with Crippen molar-refractivity contribution < 1.29 is 24.2 Å². The molecule has 1 aromatic rings. The van der Waals surface area contributed by atoms with Crippen LogP contribution >= 0.6 is 0 Å². The molecule has 0 radical (unpaired) electrons. The Labute approximate surface area is 146 Å². The van der Waals surface area contributed by atoms with Crippen LogP contribution in [0.1, 0.15) is 48.5 Å². The van der Waals surface area contributed by atoms with Crippen molar-refractivity contribution in [1.82, 2.24) is 10.6 Å². The third kappa shape index (κ3) is 5.48. The van der Waals surface area contributed by atoms with E-state index in [0.29, 0.717) is 5.92 Å². The fourth-order valence-electron chi connectivity index (χ4n) is 2.92. The van der Waals surface area contributed by atoms with Crippen LogP contribution in [-0.2, 0) is 9.53 Å². The number of hydrogen-bond acceptors (Lipinski definition) is 5. The number of amides is 3. The quantitative estimate of drug-likeness (QED) is 0.724. The van der Waals surface area contributed by atoms with Crippen molar-refractivity contribution in [3.05, 3.63) is 29.3 Å². The number of benzene rings is 1. The fraction of sp³-hybridized carbons (Fsp3) is 0.500. The normalized spacial score (nSPS) is 19.8. The number of esters is 1. The maximum Gasteiger partial charge on any atom is 0.342 e. The predicted molar refractivity (Wildman–Crippen MR) is 91.2 cm³/mol. The van der Waals surface area contributed by atoms with Crippen LogP contribution in [0.3, 0.4) is 0 Å². The second-order valence-electron chi connectivity index (χ2n) is 6.49. The average Bonchev–Trinajstić information content (AvgIpc) is 2.57. The zero-order valence-corrected chi connectivity index (χ0v) is 14.5. The zero-order chi connectivity index (χ0) is 18.4. The summed E-state index contributed by atoms with van der Waals surface area (Å²) in [5, 5.41) is 14.6. The minimum absolute atomic E-state index is 0.0201. The standard InChI is InChI=1S/C18H24N2O5/c1-11-7-8-15(21)13(9-11)17(23)25-10-16(22)20-18(24)19-14-6-4-3-5-12(14)2/h7-9,12,14,21H,3-6,10H2,1-2H3,(H2,19,20,22,24)/t12-,14+/m0/s1. The zero-order valence-electron chi connectivity index (χ0n) is 14.5. The second-order valence-corrected chi connectivity index (χ2v) is 6.49. The molecule has 1 fully saturated rings. The minimum atomic E-state index is -0.822. The smallest absolute Gasteiger partial charge is 0.342 e. The van der Waals surface area contributed by atoms with Crippen LogP contribution in [0.15, 0.2) is 18.2 Å². The molecule has 0 saturated heterocycles. The predicted octanol–water partition coefficient (Wildman–Crippen LogP) is 2.26. The highest BCUT2D eigenvalue weighted by atomic mass is 16.5. The first kappa shape index (κ1) is 18.8. The molecular weight excluding hydrogens is 324 g/mol. The Balaban J connectivity index is 1.79. The largest absolute Gasteiger partial charge is 0.507 e. The van der Waals surface area contributed by atoms with Gasteiger partial charge in [0.2, 0.25) is 0 Å². The molecule has 0 aliphatic heterocycles. The molecule has 2 rings (SSSR count). The number of ether oxygens (including phenoxy) is 1. The van der Waals surface area contributed by atoms with Gasteiger partial charge in [-0.3, -0.25) is 10.1 Å². The number of urea groups is 1. The number of rotatable bonds is 4. The van der Waals surface area contributed by atoms with Gasteiger partial charge in [0.25, 0.3) is 5.91 Å². The minimum Gasteiger partial charge on any atom is -0.507 e. The van der Waals surface area contributed by atoms with Crippen molar-refractivity contribution in [2.45, 2.75) is 45.6 Å². The van der Waals surface area contributed by atoms with Crippen molar-refractivity contribution in [2.24, 2.45) is 5.92 Å². The summed E-state index contributed by atoms with van der Waals surface area (Å²) >= 11 is 0. The lowest BCUT2D eigenvalue weighted by Crippen LogP contribution is -2.48. The van der Waals surface area contributed by atoms with Crippen LogP contribution < -0.4 is 10.6 Å². The van der Waals surface area contributed by atoms with Gasteiger partial charge in [0, 0.05) is 6.04 Å². The molecule has 0 bridgehead atoms. The first-order valence-electron chi connectivity index (χ1n) is 8.44. The van der Waals surface area contributed by atoms with E-state index in [1.165, 1.54) is 12.1 Å². The first-order chi connectivity index (χ1) is 11.9. The monoisotopic (exact) mass is 348 g/mol. The highest BCUT2D eigenvalue weighted by Gasteiger charge is 2.23. The first-order valence-corrected chi connectivity index (χ1v) is 8.44. The Morgan fingerprint density at radius 3 is 2.68 bits per heavy atom. The summed E-state index contributed by atoms with van der Waals surface area (Å²) in [4.78, 5) is 35.5. The van der Waals surface area contributed by atoms with Gasteiger partial charge in [-0.05, 0) is 37.8 Å². The highest BCUT2D eigenvalue weighted by Crippen LogP contribution is 2.23. The third-order valence-corrected chi connectivity index (χ3v) is 4.39. The Morgan fingerprint density at radius 1 is 1.24 bits per heavy atom. The SMILES string of the molecule is Cc1ccc(O)c(C(=O)OCC(=O)NC(=O)N[C@@H]2CCCC[C@@H]2C)c1. The number of nitrogens with one attached hydrogen (secondary N) is 2. The van der Waals surface area contributed by atoms with E-state index in [9.17, 15) is 19.5 Å². The molecule has 7 heteroatoms. The number of imide groups is 1. The van der Waals surface area contributed by atoms with Gasteiger partial charge in [0.15, 0.2) is 6.61 Å². The lowest BCUT2D eigenvalue weighted by atomic mass is 9.86. The molecule has 1 aromatic carbocycles. The number of carbonyl (C=O) groups excluding carboxylic acids is 3. The number of phenols is 1. The lowest BCUT2D eigenvalue weighted by molar-refractivity contribution is -0.123. The third-order valence-electron chi connectivity index (χ3n) is 4.39. The van der Waals surface area contributed by atoms with Gasteiger partial charge in [0.05, 0.1) is 0 Å². The molecule has 3 N–H and O–H groups in total. The van der Waals surface area contributed by atoms with Gasteiger partial charge < -0.3 is 15.2 Å². The van der Waals surface area contributed by atoms with Crippen molar-refractivity contribution in [1.29, 1.82) is 0 Å². The summed E-state index contributed by atoms with van der Waals surface area (Å²) in [5.41, 5.74) is 0.753. The van der Waals surface area contributed by atoms with Crippen molar-refractivity contribution in [2.75, 3.05) is 6.61 Å². The molecule has 0 aromatic heterocycles. The summed E-state index contributed by atoms with van der Waals surface area (Å²) in [7, 11) is 0. The lowest BCUT2D eigenvalue weighted by Gasteiger charge is -2.29. The van der Waals surface area contributed by atoms with Gasteiger partial charge in [-0.15, -0.1) is 0 Å². The Bertz CT molecular complexity index is 659. The van der Waals surface area contributed by atoms with E-state index in [2.05, 4.69) is 17.6 Å². The topological polar surface area (TPSA) is 105 Å². The van der Waals surface area contributed by atoms with E-state index in [0.717, 1.165) is 31.2 Å². The molecule has 25 heavy (non-hydrogen) atoms. The van der Waals surface area contributed by atoms with Gasteiger partial charge >= 0.3 is 12.0 Å². The molecule has 3 amide bonds. The molecule has 1 saturated carbocycles. The van der Waals surface area contributed by atoms with Crippen LogP contribution in [-0.4, -0.2) is 35.7 Å². The molecule has 7 nitrogen and oxygen atoms in total. The summed E-state index contributed by atoms with van der Waals surface area (Å²) in [6.07, 6.45) is 4.16. The van der Waals surface area contributed by atoms with Crippen LogP contribution in [0, 0.1) is 12.8 Å².